The van der Waals surface area contributed by atoms with Crippen molar-refractivity contribution in [2.75, 3.05) is 26.2 Å². The summed E-state index contributed by atoms with van der Waals surface area (Å²) in [6.07, 6.45) is -2.71. The lowest BCUT2D eigenvalue weighted by Crippen LogP contribution is -2.56. The zero-order valence-corrected chi connectivity index (χ0v) is 24.0. The molecular formula is C29H29Cl2F6N3O2. The first-order chi connectivity index (χ1) is 18.8. The highest BCUT2D eigenvalue weighted by atomic mass is 35.5. The number of piperazine rings is 1. The first-order valence-corrected chi connectivity index (χ1v) is 12.5. The van der Waals surface area contributed by atoms with E-state index in [1.807, 2.05) is 23.1 Å². The van der Waals surface area contributed by atoms with Crippen LogP contribution in [-0.2, 0) is 18.8 Å². The number of carbonyl (C=O) groups excluding carboxylic acids is 1. The predicted octanol–water partition coefficient (Wildman–Crippen LogP) is 7.06. The summed E-state index contributed by atoms with van der Waals surface area (Å²) in [4.78, 5) is 20.9. The van der Waals surface area contributed by atoms with Gasteiger partial charge >= 0.3 is 12.4 Å². The van der Waals surface area contributed by atoms with Gasteiger partial charge in [-0.3, -0.25) is 14.7 Å². The third-order valence-electron chi connectivity index (χ3n) is 6.77. The second-order valence-corrected chi connectivity index (χ2v) is 9.72. The van der Waals surface area contributed by atoms with Crippen LogP contribution in [0, 0.1) is 6.92 Å². The highest BCUT2D eigenvalue weighted by molar-refractivity contribution is 5.95. The van der Waals surface area contributed by atoms with Gasteiger partial charge in [-0.2, -0.15) is 26.3 Å². The van der Waals surface area contributed by atoms with Crippen molar-refractivity contribution in [3.8, 4) is 5.75 Å². The molecule has 1 amide bonds. The molecule has 4 rings (SSSR count). The number of hydrogen-bond donors (Lipinski definition) is 1. The summed E-state index contributed by atoms with van der Waals surface area (Å²) in [6, 6.07) is 9.08. The van der Waals surface area contributed by atoms with Crippen molar-refractivity contribution in [2.45, 2.75) is 31.7 Å². The molecule has 1 unspecified atom stereocenters. The lowest BCUT2D eigenvalue weighted by Gasteiger charge is -2.41. The SMILES string of the molecule is Cc1ccc(CC2CN(C/C=C/c3cccnc3)CCN2C(=O)c2cc(C(F)(F)F)cc(C(F)(F)F)c2)cc1O.Cl.Cl. The number of hydrogen-bond acceptors (Lipinski definition) is 4. The van der Waals surface area contributed by atoms with Gasteiger partial charge in [0.1, 0.15) is 5.75 Å². The third kappa shape index (κ3) is 8.86. The maximum Gasteiger partial charge on any atom is 0.416 e. The minimum Gasteiger partial charge on any atom is -0.508 e. The van der Waals surface area contributed by atoms with Gasteiger partial charge in [0, 0.05) is 50.2 Å². The molecule has 3 aromatic rings. The van der Waals surface area contributed by atoms with Crippen LogP contribution in [0.15, 0.2) is 67.0 Å². The van der Waals surface area contributed by atoms with Crippen molar-refractivity contribution in [3.05, 3.63) is 100 Å². The number of carbonyl (C=O) groups is 1. The van der Waals surface area contributed by atoms with E-state index in [0.29, 0.717) is 42.9 Å². The average Bonchev–Trinajstić information content (AvgIpc) is 2.90. The molecule has 5 nitrogen and oxygen atoms in total. The first-order valence-electron chi connectivity index (χ1n) is 12.5. The fourth-order valence-corrected chi connectivity index (χ4v) is 4.64. The second-order valence-electron chi connectivity index (χ2n) is 9.72. The first kappa shape index (κ1) is 34.9. The molecule has 0 bridgehead atoms. The lowest BCUT2D eigenvalue weighted by atomic mass is 9.98. The Morgan fingerprint density at radius 2 is 1.67 bits per heavy atom. The number of nitrogens with zero attached hydrogens (tertiary/aromatic N) is 3. The topological polar surface area (TPSA) is 56.7 Å². The molecule has 2 heterocycles. The molecule has 1 aliphatic heterocycles. The van der Waals surface area contributed by atoms with Crippen LogP contribution in [0.3, 0.4) is 0 Å². The van der Waals surface area contributed by atoms with Crippen LogP contribution in [-0.4, -0.2) is 58.0 Å². The minimum atomic E-state index is -5.06. The van der Waals surface area contributed by atoms with Gasteiger partial charge < -0.3 is 10.0 Å². The Morgan fingerprint density at radius 1 is 1.00 bits per heavy atom. The molecule has 228 valence electrons. The number of phenols is 1. The molecule has 13 heteroatoms. The number of aryl methyl sites for hydroxylation is 1. The van der Waals surface area contributed by atoms with Crippen molar-refractivity contribution in [2.24, 2.45) is 0 Å². The molecule has 2 aromatic carbocycles. The number of rotatable bonds is 6. The van der Waals surface area contributed by atoms with E-state index in [9.17, 15) is 36.2 Å². The largest absolute Gasteiger partial charge is 0.508 e. The fourth-order valence-electron chi connectivity index (χ4n) is 4.64. The maximum atomic E-state index is 13.5. The molecule has 42 heavy (non-hydrogen) atoms. The number of amides is 1. The number of benzene rings is 2. The molecule has 0 radical (unpaired) electrons. The molecule has 0 saturated carbocycles. The van der Waals surface area contributed by atoms with E-state index in [1.54, 1.807) is 43.6 Å². The predicted molar refractivity (Wildman–Crippen MR) is 152 cm³/mol. The van der Waals surface area contributed by atoms with E-state index in [2.05, 4.69) is 4.98 Å². The number of aromatic hydroxyl groups is 1. The normalized spacial score (nSPS) is 16.2. The van der Waals surface area contributed by atoms with Gasteiger partial charge in [0.05, 0.1) is 11.1 Å². The number of pyridine rings is 1. The second kappa shape index (κ2) is 14.3. The van der Waals surface area contributed by atoms with Crippen molar-refractivity contribution in [3.63, 3.8) is 0 Å². The van der Waals surface area contributed by atoms with E-state index in [-0.39, 0.29) is 49.6 Å². The van der Waals surface area contributed by atoms with Crippen molar-refractivity contribution in [1.29, 1.82) is 0 Å². The van der Waals surface area contributed by atoms with Gasteiger partial charge in [-0.1, -0.05) is 30.4 Å². The average molecular weight is 636 g/mol. The maximum absolute atomic E-state index is 13.5. The Bertz CT molecular complexity index is 1350. The van der Waals surface area contributed by atoms with Crippen LogP contribution in [0.25, 0.3) is 6.08 Å². The van der Waals surface area contributed by atoms with Crippen LogP contribution < -0.4 is 0 Å². The monoisotopic (exact) mass is 635 g/mol. The Morgan fingerprint density at radius 3 is 2.24 bits per heavy atom. The van der Waals surface area contributed by atoms with Gasteiger partial charge in [-0.25, -0.2) is 0 Å². The minimum absolute atomic E-state index is 0. The van der Waals surface area contributed by atoms with Gasteiger partial charge in [-0.05, 0) is 60.4 Å². The zero-order chi connectivity index (χ0) is 29.1. The smallest absolute Gasteiger partial charge is 0.416 e. The van der Waals surface area contributed by atoms with E-state index in [4.69, 9.17) is 0 Å². The molecule has 1 aliphatic rings. The Kier molecular flexibility index (Phi) is 11.9. The van der Waals surface area contributed by atoms with Crippen molar-refractivity contribution < 1.29 is 36.2 Å². The van der Waals surface area contributed by atoms with Crippen molar-refractivity contribution >= 4 is 36.8 Å². The van der Waals surface area contributed by atoms with Gasteiger partial charge in [0.25, 0.3) is 5.91 Å². The lowest BCUT2D eigenvalue weighted by molar-refractivity contribution is -0.143. The molecule has 0 aliphatic carbocycles. The van der Waals surface area contributed by atoms with Crippen LogP contribution >= 0.6 is 24.8 Å². The third-order valence-corrected chi connectivity index (χ3v) is 6.77. The summed E-state index contributed by atoms with van der Waals surface area (Å²) in [5, 5.41) is 10.2. The molecular weight excluding hydrogens is 607 g/mol. The van der Waals surface area contributed by atoms with E-state index in [1.165, 1.54) is 4.90 Å². The van der Waals surface area contributed by atoms with Crippen LogP contribution in [0.2, 0.25) is 0 Å². The van der Waals surface area contributed by atoms with Crippen molar-refractivity contribution in [1.82, 2.24) is 14.8 Å². The summed E-state index contributed by atoms with van der Waals surface area (Å²) < 4.78 is 80.6. The summed E-state index contributed by atoms with van der Waals surface area (Å²) in [7, 11) is 0. The number of alkyl halides is 6. The van der Waals surface area contributed by atoms with Crippen LogP contribution in [0.4, 0.5) is 26.3 Å². The summed E-state index contributed by atoms with van der Waals surface area (Å²) >= 11 is 0. The van der Waals surface area contributed by atoms with Crippen LogP contribution in [0.1, 0.15) is 38.2 Å². The van der Waals surface area contributed by atoms with Crippen LogP contribution in [0.5, 0.6) is 5.75 Å². The molecule has 1 fully saturated rings. The van der Waals surface area contributed by atoms with Gasteiger partial charge in [0.15, 0.2) is 0 Å². The summed E-state index contributed by atoms with van der Waals surface area (Å²) in [5.41, 5.74) is -1.53. The molecule has 0 spiro atoms. The highest BCUT2D eigenvalue weighted by Crippen LogP contribution is 2.37. The number of halogens is 8. The van der Waals surface area contributed by atoms with E-state index < -0.39 is 41.0 Å². The number of phenolic OH excluding ortho intramolecular Hbond substituents is 1. The molecule has 1 atom stereocenters. The van der Waals surface area contributed by atoms with E-state index in [0.717, 1.165) is 5.56 Å². The molecule has 1 N–H and O–H groups in total. The standard InChI is InChI=1S/C29H27F6N3O2.2ClH/c1-19-6-7-21(13-26(19)39)12-25-18-37(9-3-5-20-4-2-8-36-17-20)10-11-38(25)27(40)22-14-23(28(30,31)32)16-24(15-22)29(33,34)35;;/h2-8,13-17,25,39H,9-12,18H2,1H3;2*1H/b5-3+;;. The number of aromatic nitrogens is 1. The Balaban J connectivity index is 0.00000308. The Labute approximate surface area is 251 Å². The summed E-state index contributed by atoms with van der Waals surface area (Å²) in [5.74, 6) is -0.862. The Hall–Kier alpha value is -3.28. The summed E-state index contributed by atoms with van der Waals surface area (Å²) in [6.45, 7) is 3.01. The molecule has 1 aromatic heterocycles. The zero-order valence-electron chi connectivity index (χ0n) is 22.3. The fraction of sp³-hybridized carbons (Fsp3) is 0.310. The molecule has 1 saturated heterocycles. The van der Waals surface area contributed by atoms with Gasteiger partial charge in [-0.15, -0.1) is 24.8 Å². The van der Waals surface area contributed by atoms with E-state index >= 15 is 0 Å². The highest BCUT2D eigenvalue weighted by Gasteiger charge is 2.39. The van der Waals surface area contributed by atoms with Gasteiger partial charge in [0.2, 0.25) is 0 Å². The quantitative estimate of drug-likeness (QED) is 0.295.